The van der Waals surface area contributed by atoms with Crippen LogP contribution in [-0.4, -0.2) is 34.2 Å². The number of aryl methyl sites for hydroxylation is 1. The summed E-state index contributed by atoms with van der Waals surface area (Å²) in [5.41, 5.74) is 1.21. The average Bonchev–Trinajstić information content (AvgIpc) is 2.96. The minimum Gasteiger partial charge on any atom is -0.344 e. The molecule has 0 saturated carbocycles. The van der Waals surface area contributed by atoms with E-state index in [2.05, 4.69) is 16.5 Å². The molecule has 1 atom stereocenters. The van der Waals surface area contributed by atoms with Gasteiger partial charge in [0, 0.05) is 32.3 Å². The minimum absolute atomic E-state index is 0.0422. The maximum Gasteiger partial charge on any atom is 0.250 e. The summed E-state index contributed by atoms with van der Waals surface area (Å²) < 4.78 is 1.68. The highest BCUT2D eigenvalue weighted by atomic mass is 16.2. The van der Waals surface area contributed by atoms with E-state index >= 15 is 0 Å². The van der Waals surface area contributed by atoms with Crippen LogP contribution in [0, 0.1) is 0 Å². The Labute approximate surface area is 136 Å². The molecule has 0 aromatic carbocycles. The third-order valence-electron chi connectivity index (χ3n) is 4.52. The number of carbonyl (C=O) groups excluding carboxylic acids is 2. The van der Waals surface area contributed by atoms with Crippen molar-refractivity contribution >= 4 is 17.6 Å². The number of nitrogens with one attached hydrogen (secondary N) is 1. The summed E-state index contributed by atoms with van der Waals surface area (Å²) in [5, 5.41) is 7.21. The fourth-order valence-corrected chi connectivity index (χ4v) is 3.30. The number of nitrogens with zero attached hydrogens (tertiary/aromatic N) is 3. The highest BCUT2D eigenvalue weighted by Crippen LogP contribution is 2.21. The molecular weight excluding hydrogens is 292 g/mol. The second kappa shape index (κ2) is 6.98. The fraction of sp³-hybridized carbons (Fsp3) is 0.588. The Morgan fingerprint density at radius 3 is 2.96 bits per heavy atom. The van der Waals surface area contributed by atoms with Gasteiger partial charge in [0.15, 0.2) is 5.82 Å². The molecule has 2 aliphatic rings. The minimum atomic E-state index is -0.428. The molecule has 1 N–H and O–H groups in total. The van der Waals surface area contributed by atoms with Gasteiger partial charge < -0.3 is 5.32 Å². The number of anilines is 1. The zero-order chi connectivity index (χ0) is 16.2. The Bertz CT molecular complexity index is 620. The predicted octanol–water partition coefficient (Wildman–Crippen LogP) is 1.92. The van der Waals surface area contributed by atoms with E-state index in [4.69, 9.17) is 0 Å². The Kier molecular flexibility index (Phi) is 4.79. The first-order valence-electron chi connectivity index (χ1n) is 8.42. The predicted molar refractivity (Wildman–Crippen MR) is 87.9 cm³/mol. The number of allylic oxidation sites excluding steroid dienone is 1. The summed E-state index contributed by atoms with van der Waals surface area (Å²) in [4.78, 5) is 26.5. The standard InChI is InChI=1S/C17H24N4O2/c1-20-11-9-15(19-20)21-10-5-8-14(17(21)23)18-16(22)12-13-6-3-2-4-7-13/h6,9,11,14H,2-5,7-8,10,12H2,1H3,(H,18,22). The molecule has 1 saturated heterocycles. The third-order valence-corrected chi connectivity index (χ3v) is 4.52. The highest BCUT2D eigenvalue weighted by molar-refractivity contribution is 5.99. The molecule has 3 rings (SSSR count). The number of carbonyl (C=O) groups is 2. The molecule has 6 nitrogen and oxygen atoms in total. The first kappa shape index (κ1) is 15.8. The topological polar surface area (TPSA) is 67.2 Å². The molecule has 2 heterocycles. The Hall–Kier alpha value is -2.11. The maximum atomic E-state index is 12.6. The number of piperidine rings is 1. The maximum absolute atomic E-state index is 12.6. The molecular formula is C17H24N4O2. The summed E-state index contributed by atoms with van der Waals surface area (Å²) in [5.74, 6) is 0.562. The highest BCUT2D eigenvalue weighted by Gasteiger charge is 2.31. The Morgan fingerprint density at radius 1 is 1.39 bits per heavy atom. The summed E-state index contributed by atoms with van der Waals surface area (Å²) in [6.07, 6.45) is 10.4. The van der Waals surface area contributed by atoms with Crippen molar-refractivity contribution in [2.45, 2.75) is 51.0 Å². The van der Waals surface area contributed by atoms with E-state index < -0.39 is 6.04 Å². The van der Waals surface area contributed by atoms with Crippen LogP contribution in [0.2, 0.25) is 0 Å². The monoisotopic (exact) mass is 316 g/mol. The summed E-state index contributed by atoms with van der Waals surface area (Å²) >= 11 is 0. The molecule has 6 heteroatoms. The first-order valence-corrected chi connectivity index (χ1v) is 8.42. The van der Waals surface area contributed by atoms with Crippen LogP contribution < -0.4 is 10.2 Å². The van der Waals surface area contributed by atoms with Gasteiger partial charge in [0.2, 0.25) is 5.91 Å². The molecule has 0 bridgehead atoms. The Balaban J connectivity index is 1.60. The van der Waals surface area contributed by atoms with Gasteiger partial charge in [-0.05, 0) is 38.5 Å². The lowest BCUT2D eigenvalue weighted by molar-refractivity contribution is -0.128. The molecule has 2 amide bonds. The number of amides is 2. The molecule has 1 aromatic heterocycles. The van der Waals surface area contributed by atoms with Crippen LogP contribution in [0.4, 0.5) is 5.82 Å². The lowest BCUT2D eigenvalue weighted by atomic mass is 9.96. The molecule has 1 aliphatic heterocycles. The molecule has 1 aromatic rings. The number of rotatable bonds is 4. The van der Waals surface area contributed by atoms with Gasteiger partial charge in [-0.15, -0.1) is 0 Å². The van der Waals surface area contributed by atoms with E-state index in [-0.39, 0.29) is 11.8 Å². The van der Waals surface area contributed by atoms with E-state index in [1.54, 1.807) is 9.58 Å². The summed E-state index contributed by atoms with van der Waals surface area (Å²) in [7, 11) is 1.83. The van der Waals surface area contributed by atoms with E-state index in [1.807, 2.05) is 19.3 Å². The van der Waals surface area contributed by atoms with Crippen molar-refractivity contribution in [1.29, 1.82) is 0 Å². The van der Waals surface area contributed by atoms with Crippen LogP contribution in [0.25, 0.3) is 0 Å². The van der Waals surface area contributed by atoms with Gasteiger partial charge in [-0.1, -0.05) is 11.6 Å². The zero-order valence-corrected chi connectivity index (χ0v) is 13.6. The van der Waals surface area contributed by atoms with Crippen LogP contribution in [0.3, 0.4) is 0 Å². The van der Waals surface area contributed by atoms with Crippen molar-refractivity contribution in [3.8, 4) is 0 Å². The average molecular weight is 316 g/mol. The van der Waals surface area contributed by atoms with Crippen molar-refractivity contribution in [3.05, 3.63) is 23.9 Å². The molecule has 124 valence electrons. The smallest absolute Gasteiger partial charge is 0.250 e. The van der Waals surface area contributed by atoms with Crippen molar-refractivity contribution < 1.29 is 9.59 Å². The fourth-order valence-electron chi connectivity index (χ4n) is 3.30. The number of hydrogen-bond donors (Lipinski definition) is 1. The van der Waals surface area contributed by atoms with Gasteiger partial charge in [0.25, 0.3) is 5.91 Å². The lowest BCUT2D eigenvalue weighted by Crippen LogP contribution is -2.52. The third kappa shape index (κ3) is 3.81. The van der Waals surface area contributed by atoms with Crippen molar-refractivity contribution in [3.63, 3.8) is 0 Å². The van der Waals surface area contributed by atoms with Crippen LogP contribution in [0.15, 0.2) is 23.9 Å². The van der Waals surface area contributed by atoms with E-state index in [0.717, 1.165) is 25.7 Å². The SMILES string of the molecule is Cn1ccc(N2CCCC(NC(=O)CC3=CCCCC3)C2=O)n1. The van der Waals surface area contributed by atoms with Crippen LogP contribution >= 0.6 is 0 Å². The van der Waals surface area contributed by atoms with Crippen molar-refractivity contribution in [2.75, 3.05) is 11.4 Å². The Morgan fingerprint density at radius 2 is 2.26 bits per heavy atom. The van der Waals surface area contributed by atoms with Gasteiger partial charge in [-0.2, -0.15) is 5.10 Å². The van der Waals surface area contributed by atoms with Gasteiger partial charge >= 0.3 is 0 Å². The van der Waals surface area contributed by atoms with Gasteiger partial charge in [-0.3, -0.25) is 19.2 Å². The van der Waals surface area contributed by atoms with Crippen LogP contribution in [-0.2, 0) is 16.6 Å². The second-order valence-corrected chi connectivity index (χ2v) is 6.38. The van der Waals surface area contributed by atoms with E-state index in [9.17, 15) is 9.59 Å². The number of aromatic nitrogens is 2. The summed E-state index contributed by atoms with van der Waals surface area (Å²) in [6, 6.07) is 1.40. The second-order valence-electron chi connectivity index (χ2n) is 6.38. The zero-order valence-electron chi connectivity index (χ0n) is 13.6. The van der Waals surface area contributed by atoms with Crippen molar-refractivity contribution in [1.82, 2.24) is 15.1 Å². The first-order chi connectivity index (χ1) is 11.1. The van der Waals surface area contributed by atoms with Gasteiger partial charge in [0.1, 0.15) is 6.04 Å². The molecule has 0 spiro atoms. The lowest BCUT2D eigenvalue weighted by Gasteiger charge is -2.31. The van der Waals surface area contributed by atoms with Gasteiger partial charge in [0.05, 0.1) is 0 Å². The van der Waals surface area contributed by atoms with Crippen molar-refractivity contribution in [2.24, 2.45) is 7.05 Å². The van der Waals surface area contributed by atoms with E-state index in [0.29, 0.717) is 25.2 Å². The largest absolute Gasteiger partial charge is 0.344 e. The molecule has 1 fully saturated rings. The van der Waals surface area contributed by atoms with Crippen LogP contribution in [0.1, 0.15) is 44.9 Å². The van der Waals surface area contributed by atoms with Gasteiger partial charge in [-0.25, -0.2) is 0 Å². The van der Waals surface area contributed by atoms with E-state index in [1.165, 1.54) is 12.0 Å². The molecule has 1 unspecified atom stereocenters. The molecule has 0 radical (unpaired) electrons. The molecule has 23 heavy (non-hydrogen) atoms. The molecule has 1 aliphatic carbocycles. The quantitative estimate of drug-likeness (QED) is 0.863. The van der Waals surface area contributed by atoms with Crippen LogP contribution in [0.5, 0.6) is 0 Å². The normalized spacial score (nSPS) is 22.0. The summed E-state index contributed by atoms with van der Waals surface area (Å²) in [6.45, 7) is 0.660. The number of hydrogen-bond acceptors (Lipinski definition) is 3.